The number of halogens is 1. The van der Waals surface area contributed by atoms with E-state index >= 15 is 0 Å². The molecular formula is C18H16FN3O2S. The van der Waals surface area contributed by atoms with Crippen LogP contribution in [-0.2, 0) is 11.8 Å². The van der Waals surface area contributed by atoms with E-state index in [2.05, 4.69) is 9.97 Å². The van der Waals surface area contributed by atoms with Gasteiger partial charge in [0.25, 0.3) is 0 Å². The lowest BCUT2D eigenvalue weighted by Crippen LogP contribution is -1.99. The topological polar surface area (TPSA) is 68.0 Å². The Labute approximate surface area is 148 Å². The average molecular weight is 357 g/mol. The van der Waals surface area contributed by atoms with Crippen LogP contribution in [0.2, 0.25) is 0 Å². The van der Waals surface area contributed by atoms with Crippen molar-refractivity contribution < 1.29 is 14.3 Å². The van der Waals surface area contributed by atoms with Crippen LogP contribution in [0, 0.1) is 5.82 Å². The molecule has 128 valence electrons. The van der Waals surface area contributed by atoms with Crippen molar-refractivity contribution in [3.8, 4) is 22.5 Å². The molecule has 0 aliphatic rings. The van der Waals surface area contributed by atoms with Gasteiger partial charge in [-0.15, -0.1) is 0 Å². The summed E-state index contributed by atoms with van der Waals surface area (Å²) in [6, 6.07) is 9.95. The summed E-state index contributed by atoms with van der Waals surface area (Å²) >= 11 is 1.38. The molecule has 0 radical (unpaired) electrons. The standard InChI is InChI=1S/C18H16FN3O2S/c1-22-17(13-6-9-20-10-7-13)16(12-2-4-14(19)5-3-12)21-18(22)25-11-8-15(23)24/h2-7,9-10H,8,11H2,1H3,(H,23,24). The van der Waals surface area contributed by atoms with E-state index in [0.717, 1.165) is 22.5 Å². The first-order valence-corrected chi connectivity index (χ1v) is 8.62. The van der Waals surface area contributed by atoms with Gasteiger partial charge in [0.05, 0.1) is 17.8 Å². The smallest absolute Gasteiger partial charge is 0.304 e. The van der Waals surface area contributed by atoms with Crippen molar-refractivity contribution in [1.82, 2.24) is 14.5 Å². The number of rotatable bonds is 6. The number of imidazole rings is 1. The second-order valence-electron chi connectivity index (χ2n) is 5.39. The average Bonchev–Trinajstić information content (AvgIpc) is 2.93. The molecule has 5 nitrogen and oxygen atoms in total. The molecule has 0 amide bonds. The highest BCUT2D eigenvalue weighted by Gasteiger charge is 2.18. The molecule has 1 N–H and O–H groups in total. The monoisotopic (exact) mass is 357 g/mol. The van der Waals surface area contributed by atoms with Gasteiger partial charge in [-0.1, -0.05) is 11.8 Å². The third-order valence-electron chi connectivity index (χ3n) is 3.67. The fourth-order valence-corrected chi connectivity index (χ4v) is 3.39. The van der Waals surface area contributed by atoms with Crippen molar-refractivity contribution in [3.05, 3.63) is 54.6 Å². The Morgan fingerprint density at radius 2 is 1.84 bits per heavy atom. The molecule has 0 aliphatic carbocycles. The number of hydrogen-bond donors (Lipinski definition) is 1. The minimum atomic E-state index is -0.838. The number of aromatic nitrogens is 3. The second kappa shape index (κ2) is 7.48. The first-order chi connectivity index (χ1) is 12.1. The Balaban J connectivity index is 2.05. The highest BCUT2D eigenvalue weighted by atomic mass is 32.2. The highest BCUT2D eigenvalue weighted by molar-refractivity contribution is 7.99. The van der Waals surface area contributed by atoms with E-state index in [1.54, 1.807) is 24.5 Å². The molecule has 0 atom stereocenters. The van der Waals surface area contributed by atoms with Gasteiger partial charge in [0.2, 0.25) is 0 Å². The molecule has 0 fully saturated rings. The van der Waals surface area contributed by atoms with E-state index < -0.39 is 5.97 Å². The zero-order chi connectivity index (χ0) is 17.8. The van der Waals surface area contributed by atoms with Crippen LogP contribution in [0.1, 0.15) is 6.42 Å². The minimum Gasteiger partial charge on any atom is -0.481 e. The van der Waals surface area contributed by atoms with E-state index in [4.69, 9.17) is 5.11 Å². The predicted molar refractivity (Wildman–Crippen MR) is 94.8 cm³/mol. The fraction of sp³-hybridized carbons (Fsp3) is 0.167. The molecule has 0 aliphatic heterocycles. The van der Waals surface area contributed by atoms with Gasteiger partial charge in [0.15, 0.2) is 5.16 Å². The molecule has 0 saturated carbocycles. The molecule has 0 spiro atoms. The van der Waals surface area contributed by atoms with E-state index in [-0.39, 0.29) is 12.2 Å². The maximum absolute atomic E-state index is 13.3. The van der Waals surface area contributed by atoms with Gasteiger partial charge < -0.3 is 9.67 Å². The Morgan fingerprint density at radius 1 is 1.16 bits per heavy atom. The van der Waals surface area contributed by atoms with Crippen LogP contribution in [0.25, 0.3) is 22.5 Å². The molecule has 7 heteroatoms. The van der Waals surface area contributed by atoms with Gasteiger partial charge in [-0.25, -0.2) is 9.37 Å². The number of benzene rings is 1. The van der Waals surface area contributed by atoms with Crippen LogP contribution in [-0.4, -0.2) is 31.4 Å². The van der Waals surface area contributed by atoms with E-state index in [1.807, 2.05) is 23.7 Å². The van der Waals surface area contributed by atoms with E-state index in [9.17, 15) is 9.18 Å². The lowest BCUT2D eigenvalue weighted by molar-refractivity contribution is -0.136. The zero-order valence-corrected chi connectivity index (χ0v) is 14.3. The van der Waals surface area contributed by atoms with E-state index in [1.165, 1.54) is 23.9 Å². The Kier molecular flexibility index (Phi) is 5.14. The molecule has 3 aromatic rings. The number of aliphatic carboxylic acids is 1. The van der Waals surface area contributed by atoms with Crippen LogP contribution in [0.4, 0.5) is 4.39 Å². The molecule has 0 saturated heterocycles. The predicted octanol–water partition coefficient (Wildman–Crippen LogP) is 3.86. The highest BCUT2D eigenvalue weighted by Crippen LogP contribution is 2.35. The summed E-state index contributed by atoms with van der Waals surface area (Å²) in [6.07, 6.45) is 3.47. The van der Waals surface area contributed by atoms with Crippen molar-refractivity contribution in [2.24, 2.45) is 7.05 Å². The Morgan fingerprint density at radius 3 is 2.48 bits per heavy atom. The van der Waals surface area contributed by atoms with Crippen LogP contribution in [0.5, 0.6) is 0 Å². The fourth-order valence-electron chi connectivity index (χ4n) is 2.49. The molecule has 2 aromatic heterocycles. The van der Waals surface area contributed by atoms with Gasteiger partial charge in [-0.3, -0.25) is 9.78 Å². The zero-order valence-electron chi connectivity index (χ0n) is 13.5. The number of nitrogens with zero attached hydrogens (tertiary/aromatic N) is 3. The lowest BCUT2D eigenvalue weighted by Gasteiger charge is -2.07. The third-order valence-corrected chi connectivity index (χ3v) is 4.70. The van der Waals surface area contributed by atoms with Crippen molar-refractivity contribution in [3.63, 3.8) is 0 Å². The summed E-state index contributed by atoms with van der Waals surface area (Å²) in [6.45, 7) is 0. The quantitative estimate of drug-likeness (QED) is 0.679. The largest absolute Gasteiger partial charge is 0.481 e. The molecule has 25 heavy (non-hydrogen) atoms. The van der Waals surface area contributed by atoms with Crippen molar-refractivity contribution in [2.75, 3.05) is 5.75 Å². The van der Waals surface area contributed by atoms with Crippen molar-refractivity contribution in [1.29, 1.82) is 0 Å². The van der Waals surface area contributed by atoms with Crippen LogP contribution in [0.3, 0.4) is 0 Å². The second-order valence-corrected chi connectivity index (χ2v) is 6.45. The Bertz CT molecular complexity index is 879. The summed E-state index contributed by atoms with van der Waals surface area (Å²) in [4.78, 5) is 19.5. The number of hydrogen-bond acceptors (Lipinski definition) is 4. The summed E-state index contributed by atoms with van der Waals surface area (Å²) in [5, 5.41) is 9.53. The van der Waals surface area contributed by atoms with Crippen LogP contribution >= 0.6 is 11.8 Å². The third kappa shape index (κ3) is 3.88. The number of carboxylic acids is 1. The summed E-state index contributed by atoms with van der Waals surface area (Å²) in [5.74, 6) is -0.713. The van der Waals surface area contributed by atoms with Crippen LogP contribution < -0.4 is 0 Å². The van der Waals surface area contributed by atoms with Crippen LogP contribution in [0.15, 0.2) is 53.9 Å². The lowest BCUT2D eigenvalue weighted by atomic mass is 10.1. The molecule has 3 rings (SSSR count). The summed E-state index contributed by atoms with van der Waals surface area (Å²) < 4.78 is 15.2. The van der Waals surface area contributed by atoms with Gasteiger partial charge in [-0.2, -0.15) is 0 Å². The molecule has 2 heterocycles. The number of carboxylic acid groups (broad SMARTS) is 1. The van der Waals surface area contributed by atoms with Crippen molar-refractivity contribution in [2.45, 2.75) is 11.6 Å². The van der Waals surface area contributed by atoms with E-state index in [0.29, 0.717) is 10.9 Å². The maximum atomic E-state index is 13.3. The summed E-state index contributed by atoms with van der Waals surface area (Å²) in [7, 11) is 1.89. The number of thioether (sulfide) groups is 1. The first kappa shape index (κ1) is 17.2. The molecular weight excluding hydrogens is 341 g/mol. The number of pyridine rings is 1. The molecule has 0 bridgehead atoms. The molecule has 1 aromatic carbocycles. The van der Waals surface area contributed by atoms with Gasteiger partial charge in [-0.05, 0) is 36.4 Å². The van der Waals surface area contributed by atoms with Gasteiger partial charge in [0.1, 0.15) is 5.82 Å². The minimum absolute atomic E-state index is 0.0635. The number of carbonyl (C=O) groups is 1. The Hall–Kier alpha value is -2.67. The van der Waals surface area contributed by atoms with Crippen molar-refractivity contribution >= 4 is 17.7 Å². The maximum Gasteiger partial charge on any atom is 0.304 e. The normalized spacial score (nSPS) is 10.8. The van der Waals surface area contributed by atoms with Gasteiger partial charge in [0, 0.05) is 36.3 Å². The van der Waals surface area contributed by atoms with Gasteiger partial charge >= 0.3 is 5.97 Å². The first-order valence-electron chi connectivity index (χ1n) is 7.64. The molecule has 0 unspecified atom stereocenters. The summed E-state index contributed by atoms with van der Waals surface area (Å²) in [5.41, 5.74) is 3.35. The SMILES string of the molecule is Cn1c(SCCC(=O)O)nc(-c2ccc(F)cc2)c1-c1ccncc1.